The molecule has 6 heteroatoms. The number of rotatable bonds is 4. The summed E-state index contributed by atoms with van der Waals surface area (Å²) in [6.45, 7) is 2.03. The van der Waals surface area contributed by atoms with E-state index < -0.39 is 5.97 Å². The summed E-state index contributed by atoms with van der Waals surface area (Å²) >= 11 is 2.82. The summed E-state index contributed by atoms with van der Waals surface area (Å²) in [7, 11) is 0. The van der Waals surface area contributed by atoms with Gasteiger partial charge in [0.25, 0.3) is 0 Å². The Labute approximate surface area is 78.2 Å². The molecule has 0 atom stereocenters. The average molecular weight is 204 g/mol. The summed E-state index contributed by atoms with van der Waals surface area (Å²) < 4.78 is 3.59. The van der Waals surface area contributed by atoms with Gasteiger partial charge in [-0.25, -0.2) is 4.79 Å². The van der Waals surface area contributed by atoms with Crippen molar-refractivity contribution in [2.75, 3.05) is 5.75 Å². The maximum absolute atomic E-state index is 10.5. The molecular formula is C6H8N2O2S2. The lowest BCUT2D eigenvalue weighted by Crippen LogP contribution is -2.00. The molecule has 1 aromatic rings. The molecule has 0 aliphatic heterocycles. The molecule has 1 rings (SSSR count). The van der Waals surface area contributed by atoms with Gasteiger partial charge in [-0.05, 0) is 17.3 Å². The molecule has 0 saturated heterocycles. The minimum atomic E-state index is -0.990. The molecule has 0 spiro atoms. The normalized spacial score (nSPS) is 10.1. The molecule has 0 amide bonds. The summed E-state index contributed by atoms with van der Waals surface area (Å²) in [5.74, 6) is 0.669. The Morgan fingerprint density at radius 3 is 3.08 bits per heavy atom. The Bertz CT molecular complexity index is 274. The first-order chi connectivity index (χ1) is 5.75. The Balaban J connectivity index is 2.70. The van der Waals surface area contributed by atoms with Crippen molar-refractivity contribution in [1.29, 1.82) is 0 Å². The van der Waals surface area contributed by atoms with Crippen molar-refractivity contribution < 1.29 is 9.90 Å². The van der Waals surface area contributed by atoms with E-state index in [1.807, 2.05) is 6.92 Å². The molecule has 0 bridgehead atoms. The molecule has 66 valence electrons. The second kappa shape index (κ2) is 4.42. The SMILES string of the molecule is CCSCc1snnc1C(=O)O. The van der Waals surface area contributed by atoms with Crippen LogP contribution in [0.2, 0.25) is 0 Å². The zero-order valence-corrected chi connectivity index (χ0v) is 8.11. The Morgan fingerprint density at radius 2 is 2.50 bits per heavy atom. The van der Waals surface area contributed by atoms with Crippen LogP contribution < -0.4 is 0 Å². The van der Waals surface area contributed by atoms with Gasteiger partial charge in [-0.3, -0.25) is 0 Å². The number of carbonyl (C=O) groups is 1. The molecule has 0 unspecified atom stereocenters. The van der Waals surface area contributed by atoms with Crippen LogP contribution in [0, 0.1) is 0 Å². The van der Waals surface area contributed by atoms with Gasteiger partial charge in [0.1, 0.15) is 0 Å². The first-order valence-electron chi connectivity index (χ1n) is 3.38. The minimum absolute atomic E-state index is 0.0981. The molecule has 0 aliphatic carbocycles. The van der Waals surface area contributed by atoms with Crippen molar-refractivity contribution in [2.45, 2.75) is 12.7 Å². The predicted octanol–water partition coefficient (Wildman–Crippen LogP) is 1.49. The number of hydrogen-bond acceptors (Lipinski definition) is 5. The number of thioether (sulfide) groups is 1. The highest BCUT2D eigenvalue weighted by Gasteiger charge is 2.14. The van der Waals surface area contributed by atoms with Crippen LogP contribution in [-0.4, -0.2) is 26.4 Å². The van der Waals surface area contributed by atoms with Gasteiger partial charge in [0.15, 0.2) is 5.69 Å². The van der Waals surface area contributed by atoms with E-state index in [9.17, 15) is 4.79 Å². The highest BCUT2D eigenvalue weighted by molar-refractivity contribution is 7.98. The molecule has 0 aromatic carbocycles. The first-order valence-corrected chi connectivity index (χ1v) is 5.30. The molecule has 4 nitrogen and oxygen atoms in total. The highest BCUT2D eigenvalue weighted by atomic mass is 32.2. The predicted molar refractivity (Wildman–Crippen MR) is 48.7 cm³/mol. The van der Waals surface area contributed by atoms with Crippen molar-refractivity contribution >= 4 is 29.3 Å². The van der Waals surface area contributed by atoms with E-state index >= 15 is 0 Å². The number of carboxylic acids is 1. The van der Waals surface area contributed by atoms with Crippen LogP contribution in [-0.2, 0) is 5.75 Å². The Hall–Kier alpha value is -0.620. The Morgan fingerprint density at radius 1 is 1.75 bits per heavy atom. The van der Waals surface area contributed by atoms with E-state index in [1.54, 1.807) is 11.8 Å². The third-order valence-corrected chi connectivity index (χ3v) is 3.00. The number of aromatic nitrogens is 2. The zero-order valence-electron chi connectivity index (χ0n) is 6.48. The molecular weight excluding hydrogens is 196 g/mol. The zero-order chi connectivity index (χ0) is 8.97. The molecule has 12 heavy (non-hydrogen) atoms. The standard InChI is InChI=1S/C6H8N2O2S2/c1-2-11-3-4-5(6(9)10)7-8-12-4/h2-3H2,1H3,(H,9,10). The fourth-order valence-electron chi connectivity index (χ4n) is 0.661. The molecule has 0 aliphatic rings. The fourth-order valence-corrected chi connectivity index (χ4v) is 2.08. The first kappa shape index (κ1) is 9.47. The second-order valence-corrected chi connectivity index (χ2v) is 4.10. The topological polar surface area (TPSA) is 63.1 Å². The van der Waals surface area contributed by atoms with Crippen LogP contribution in [0.1, 0.15) is 22.3 Å². The van der Waals surface area contributed by atoms with Gasteiger partial charge in [-0.15, -0.1) is 5.10 Å². The summed E-state index contributed by atoms with van der Waals surface area (Å²) in [4.78, 5) is 11.3. The van der Waals surface area contributed by atoms with Crippen LogP contribution in [0.4, 0.5) is 0 Å². The summed E-state index contributed by atoms with van der Waals surface area (Å²) in [6, 6.07) is 0. The van der Waals surface area contributed by atoms with Crippen LogP contribution in [0.15, 0.2) is 0 Å². The van der Waals surface area contributed by atoms with Crippen molar-refractivity contribution in [1.82, 2.24) is 9.59 Å². The number of nitrogens with zero attached hydrogens (tertiary/aromatic N) is 2. The maximum atomic E-state index is 10.5. The fraction of sp³-hybridized carbons (Fsp3) is 0.500. The van der Waals surface area contributed by atoms with Crippen LogP contribution in [0.5, 0.6) is 0 Å². The van der Waals surface area contributed by atoms with Gasteiger partial charge in [-0.1, -0.05) is 11.4 Å². The molecule has 0 fully saturated rings. The third-order valence-electron chi connectivity index (χ3n) is 1.20. The molecule has 0 saturated carbocycles. The maximum Gasteiger partial charge on any atom is 0.357 e. The lowest BCUT2D eigenvalue weighted by molar-refractivity contribution is 0.0689. The van der Waals surface area contributed by atoms with Crippen LogP contribution >= 0.6 is 23.3 Å². The molecule has 1 N–H and O–H groups in total. The molecule has 1 heterocycles. The third kappa shape index (κ3) is 2.18. The number of aromatic carboxylic acids is 1. The van der Waals surface area contributed by atoms with Gasteiger partial charge in [0.2, 0.25) is 0 Å². The van der Waals surface area contributed by atoms with E-state index in [2.05, 4.69) is 9.59 Å². The highest BCUT2D eigenvalue weighted by Crippen LogP contribution is 2.17. The van der Waals surface area contributed by atoms with Crippen LogP contribution in [0.25, 0.3) is 0 Å². The second-order valence-electron chi connectivity index (χ2n) is 1.99. The van der Waals surface area contributed by atoms with E-state index in [0.717, 1.165) is 22.2 Å². The van der Waals surface area contributed by atoms with Gasteiger partial charge in [-0.2, -0.15) is 11.8 Å². The smallest absolute Gasteiger partial charge is 0.357 e. The largest absolute Gasteiger partial charge is 0.476 e. The molecule has 1 aromatic heterocycles. The van der Waals surface area contributed by atoms with E-state index in [4.69, 9.17) is 5.11 Å². The van der Waals surface area contributed by atoms with Crippen molar-refractivity contribution in [3.63, 3.8) is 0 Å². The van der Waals surface area contributed by atoms with Crippen molar-refractivity contribution in [2.24, 2.45) is 0 Å². The van der Waals surface area contributed by atoms with Gasteiger partial charge < -0.3 is 5.11 Å². The lowest BCUT2D eigenvalue weighted by atomic mass is 10.4. The van der Waals surface area contributed by atoms with Gasteiger partial charge in [0, 0.05) is 5.75 Å². The number of hydrogen-bond donors (Lipinski definition) is 1. The van der Waals surface area contributed by atoms with Crippen LogP contribution in [0.3, 0.4) is 0 Å². The van der Waals surface area contributed by atoms with Gasteiger partial charge >= 0.3 is 5.97 Å². The molecule has 0 radical (unpaired) electrons. The lowest BCUT2D eigenvalue weighted by Gasteiger charge is -1.93. The van der Waals surface area contributed by atoms with Crippen molar-refractivity contribution in [3.8, 4) is 0 Å². The van der Waals surface area contributed by atoms with Crippen molar-refractivity contribution in [3.05, 3.63) is 10.6 Å². The number of carboxylic acid groups (broad SMARTS) is 1. The van der Waals surface area contributed by atoms with E-state index in [1.165, 1.54) is 0 Å². The average Bonchev–Trinajstić information content (AvgIpc) is 2.48. The van der Waals surface area contributed by atoms with E-state index in [-0.39, 0.29) is 5.69 Å². The minimum Gasteiger partial charge on any atom is -0.476 e. The van der Waals surface area contributed by atoms with Gasteiger partial charge in [0.05, 0.1) is 4.88 Å². The summed E-state index contributed by atoms with van der Waals surface area (Å²) in [6.07, 6.45) is 0. The Kier molecular flexibility index (Phi) is 3.48. The summed E-state index contributed by atoms with van der Waals surface area (Å²) in [5.41, 5.74) is 0.0981. The monoisotopic (exact) mass is 204 g/mol. The van der Waals surface area contributed by atoms with E-state index in [0.29, 0.717) is 5.75 Å². The summed E-state index contributed by atoms with van der Waals surface area (Å²) in [5, 5.41) is 12.2. The quantitative estimate of drug-likeness (QED) is 0.805.